The predicted octanol–water partition coefficient (Wildman–Crippen LogP) is 5.23. The molecule has 1 unspecified atom stereocenters. The topological polar surface area (TPSA) is 0 Å². The molecule has 3 aromatic carbocycles. The largest absolute Gasteiger partial charge is 0.0724 e. The third-order valence-electron chi connectivity index (χ3n) is 4.58. The average molecular weight is 340 g/mol. The number of rotatable bonds is 5. The Morgan fingerprint density at radius 2 is 1.16 bits per heavy atom. The van der Waals surface area contributed by atoms with Crippen LogP contribution in [0.3, 0.4) is 0 Å². The highest BCUT2D eigenvalue weighted by atomic mass is 31.1. The lowest BCUT2D eigenvalue weighted by atomic mass is 10.0. The fourth-order valence-electron chi connectivity index (χ4n) is 3.40. The summed E-state index contributed by atoms with van der Waals surface area (Å²) in [6, 6.07) is 32.8. The Balaban J connectivity index is 1.70. The van der Waals surface area contributed by atoms with Crippen molar-refractivity contribution in [3.8, 4) is 0 Å². The van der Waals surface area contributed by atoms with E-state index in [0.29, 0.717) is 5.66 Å². The molecule has 0 N–H and O–H groups in total. The fraction of sp³-hybridized carbons (Fsp3) is 0.0833. The van der Waals surface area contributed by atoms with E-state index in [1.165, 1.54) is 21.7 Å². The normalized spacial score (nSPS) is 16.2. The Hall–Kier alpha value is -2.43. The summed E-state index contributed by atoms with van der Waals surface area (Å²) in [6.07, 6.45) is 7.98. The van der Waals surface area contributed by atoms with E-state index >= 15 is 0 Å². The summed E-state index contributed by atoms with van der Waals surface area (Å²) < 4.78 is 0. The maximum Gasteiger partial charge on any atom is 0.0270 e. The molecule has 1 atom stereocenters. The number of allylic oxidation sites excluding steroid dienone is 4. The van der Waals surface area contributed by atoms with Crippen LogP contribution >= 0.6 is 7.92 Å². The van der Waals surface area contributed by atoms with Crippen LogP contribution < -0.4 is 10.6 Å². The van der Waals surface area contributed by atoms with Gasteiger partial charge in [-0.2, -0.15) is 0 Å². The van der Waals surface area contributed by atoms with Crippen LogP contribution in [-0.2, 0) is 6.42 Å². The maximum atomic E-state index is 2.39. The average Bonchev–Trinajstić information content (AvgIpc) is 3.12. The highest BCUT2D eigenvalue weighted by molar-refractivity contribution is 7.74. The smallest absolute Gasteiger partial charge is 0.0270 e. The first kappa shape index (κ1) is 16.1. The highest BCUT2D eigenvalue weighted by Crippen LogP contribution is 2.46. The molecule has 122 valence electrons. The summed E-state index contributed by atoms with van der Waals surface area (Å²) in [7, 11) is -0.443. The lowest BCUT2D eigenvalue weighted by Gasteiger charge is -2.27. The van der Waals surface area contributed by atoms with E-state index in [1.807, 2.05) is 0 Å². The molecule has 3 aromatic rings. The number of benzene rings is 3. The molecule has 0 aromatic heterocycles. The summed E-state index contributed by atoms with van der Waals surface area (Å²) in [4.78, 5) is 0. The molecule has 0 amide bonds. The van der Waals surface area contributed by atoms with Crippen LogP contribution in [0.4, 0.5) is 0 Å². The monoisotopic (exact) mass is 340 g/mol. The molecule has 1 heteroatoms. The number of hydrogen-bond donors (Lipinski definition) is 0. The lowest BCUT2D eigenvalue weighted by Crippen LogP contribution is -2.21. The lowest BCUT2D eigenvalue weighted by molar-refractivity contribution is 1.09. The Bertz CT molecular complexity index is 824. The van der Waals surface area contributed by atoms with Gasteiger partial charge in [-0.3, -0.25) is 0 Å². The van der Waals surface area contributed by atoms with Crippen LogP contribution in [0.15, 0.2) is 115 Å². The fourth-order valence-corrected chi connectivity index (χ4v) is 6.11. The van der Waals surface area contributed by atoms with E-state index in [1.54, 1.807) is 0 Å². The number of hydrogen-bond acceptors (Lipinski definition) is 0. The van der Waals surface area contributed by atoms with Gasteiger partial charge in [0, 0.05) is 5.66 Å². The Morgan fingerprint density at radius 3 is 1.72 bits per heavy atom. The molecular weight excluding hydrogens is 319 g/mol. The predicted molar refractivity (Wildman–Crippen MR) is 110 cm³/mol. The molecule has 1 aliphatic rings. The molecule has 0 heterocycles. The Morgan fingerprint density at radius 1 is 0.640 bits per heavy atom. The van der Waals surface area contributed by atoms with Crippen molar-refractivity contribution in [2.75, 3.05) is 0 Å². The Kier molecular flexibility index (Phi) is 4.91. The third kappa shape index (κ3) is 3.65. The molecule has 25 heavy (non-hydrogen) atoms. The van der Waals surface area contributed by atoms with E-state index < -0.39 is 7.92 Å². The van der Waals surface area contributed by atoms with Crippen LogP contribution in [0.5, 0.6) is 0 Å². The van der Waals surface area contributed by atoms with E-state index in [0.717, 1.165) is 6.42 Å². The van der Waals surface area contributed by atoms with Crippen molar-refractivity contribution in [1.82, 2.24) is 0 Å². The minimum atomic E-state index is -0.443. The second-order valence-electron chi connectivity index (χ2n) is 6.27. The molecule has 0 bridgehead atoms. The second-order valence-corrected chi connectivity index (χ2v) is 8.60. The summed E-state index contributed by atoms with van der Waals surface area (Å²) >= 11 is 0. The van der Waals surface area contributed by atoms with Gasteiger partial charge in [-0.05, 0) is 30.5 Å². The highest BCUT2D eigenvalue weighted by Gasteiger charge is 2.27. The van der Waals surface area contributed by atoms with Gasteiger partial charge in [-0.25, -0.2) is 0 Å². The quantitative estimate of drug-likeness (QED) is 0.558. The van der Waals surface area contributed by atoms with Crippen LogP contribution in [0.1, 0.15) is 5.56 Å². The van der Waals surface area contributed by atoms with Crippen molar-refractivity contribution in [2.24, 2.45) is 0 Å². The van der Waals surface area contributed by atoms with E-state index in [-0.39, 0.29) is 0 Å². The zero-order valence-corrected chi connectivity index (χ0v) is 15.0. The van der Waals surface area contributed by atoms with Crippen molar-refractivity contribution < 1.29 is 0 Å². The van der Waals surface area contributed by atoms with Crippen LogP contribution in [0, 0.1) is 0 Å². The molecule has 0 fully saturated rings. The Labute approximate surface area is 151 Å². The van der Waals surface area contributed by atoms with Gasteiger partial charge in [0.25, 0.3) is 0 Å². The van der Waals surface area contributed by atoms with Crippen molar-refractivity contribution in [1.29, 1.82) is 0 Å². The first-order chi connectivity index (χ1) is 12.4. The first-order valence-corrected chi connectivity index (χ1v) is 10.1. The molecule has 0 saturated heterocycles. The third-order valence-corrected chi connectivity index (χ3v) is 7.35. The summed E-state index contributed by atoms with van der Waals surface area (Å²) in [5.41, 5.74) is 3.38. The summed E-state index contributed by atoms with van der Waals surface area (Å²) in [5, 5.41) is 2.89. The van der Waals surface area contributed by atoms with Crippen LogP contribution in [0.25, 0.3) is 0 Å². The molecule has 0 nitrogen and oxygen atoms in total. The van der Waals surface area contributed by atoms with Crippen molar-refractivity contribution >= 4 is 18.5 Å². The van der Waals surface area contributed by atoms with E-state index in [9.17, 15) is 0 Å². The molecule has 0 aliphatic heterocycles. The van der Waals surface area contributed by atoms with Gasteiger partial charge in [0.2, 0.25) is 0 Å². The summed E-state index contributed by atoms with van der Waals surface area (Å²) in [6.45, 7) is 0. The van der Waals surface area contributed by atoms with Gasteiger partial charge in [0.05, 0.1) is 0 Å². The minimum absolute atomic E-state index is 0.443. The van der Waals surface area contributed by atoms with Gasteiger partial charge >= 0.3 is 0 Å². The SMILES string of the molecule is C1=CC(P(c2ccccc2)c2ccccc2)C(Cc2ccccc2)=C1. The van der Waals surface area contributed by atoms with Gasteiger partial charge in [0.1, 0.15) is 0 Å². The molecule has 1 aliphatic carbocycles. The van der Waals surface area contributed by atoms with Gasteiger partial charge in [-0.1, -0.05) is 115 Å². The molecule has 0 radical (unpaired) electrons. The van der Waals surface area contributed by atoms with E-state index in [4.69, 9.17) is 0 Å². The molecule has 4 rings (SSSR count). The van der Waals surface area contributed by atoms with Crippen LogP contribution in [0.2, 0.25) is 0 Å². The first-order valence-electron chi connectivity index (χ1n) is 8.72. The van der Waals surface area contributed by atoms with Crippen molar-refractivity contribution in [3.63, 3.8) is 0 Å². The van der Waals surface area contributed by atoms with Gasteiger partial charge < -0.3 is 0 Å². The molecular formula is C24H21P. The standard InChI is InChI=1S/C24H21P/c1-4-11-20(12-5-1)19-21-13-10-18-24(21)25(22-14-6-2-7-15-22)23-16-8-3-9-17-23/h1-18,24H,19H2. The van der Waals surface area contributed by atoms with Crippen molar-refractivity contribution in [2.45, 2.75) is 12.1 Å². The van der Waals surface area contributed by atoms with E-state index in [2.05, 4.69) is 109 Å². The maximum absolute atomic E-state index is 2.39. The molecule has 0 saturated carbocycles. The zero-order valence-electron chi connectivity index (χ0n) is 14.1. The second kappa shape index (κ2) is 7.64. The molecule has 0 spiro atoms. The van der Waals surface area contributed by atoms with Gasteiger partial charge in [0.15, 0.2) is 0 Å². The minimum Gasteiger partial charge on any atom is -0.0724 e. The zero-order chi connectivity index (χ0) is 16.9. The van der Waals surface area contributed by atoms with Crippen LogP contribution in [-0.4, -0.2) is 5.66 Å². The summed E-state index contributed by atoms with van der Waals surface area (Å²) in [5.74, 6) is 0. The van der Waals surface area contributed by atoms with Crippen molar-refractivity contribution in [3.05, 3.63) is 120 Å². The van der Waals surface area contributed by atoms with Gasteiger partial charge in [-0.15, -0.1) is 0 Å².